The molecule has 1 aromatic heterocycles. The molecule has 1 aromatic rings. The van der Waals surface area contributed by atoms with E-state index in [1.807, 2.05) is 0 Å². The molecule has 0 aromatic carbocycles. The lowest BCUT2D eigenvalue weighted by molar-refractivity contribution is 0.100. The van der Waals surface area contributed by atoms with Crippen LogP contribution in [0, 0.1) is 0 Å². The SMILES string of the molecule is O=S(Cc1ncc(C2CC2)o1)C1CCCOC1. The first kappa shape index (κ1) is 11.4. The Morgan fingerprint density at radius 2 is 2.29 bits per heavy atom. The van der Waals surface area contributed by atoms with E-state index < -0.39 is 10.8 Å². The van der Waals surface area contributed by atoms with Crippen molar-refractivity contribution < 1.29 is 13.4 Å². The molecule has 1 aliphatic carbocycles. The number of hydrogen-bond acceptors (Lipinski definition) is 4. The molecule has 3 rings (SSSR count). The Morgan fingerprint density at radius 3 is 3.00 bits per heavy atom. The van der Waals surface area contributed by atoms with E-state index in [1.54, 1.807) is 6.20 Å². The van der Waals surface area contributed by atoms with Gasteiger partial charge in [-0.3, -0.25) is 4.21 Å². The summed E-state index contributed by atoms with van der Waals surface area (Å²) in [7, 11) is -0.918. The van der Waals surface area contributed by atoms with Crippen molar-refractivity contribution in [2.24, 2.45) is 0 Å². The Kier molecular flexibility index (Phi) is 3.29. The average molecular weight is 255 g/mol. The summed E-state index contributed by atoms with van der Waals surface area (Å²) in [6, 6.07) is 0. The summed E-state index contributed by atoms with van der Waals surface area (Å²) in [5.74, 6) is 2.59. The maximum absolute atomic E-state index is 12.1. The van der Waals surface area contributed by atoms with Crippen LogP contribution in [0.5, 0.6) is 0 Å². The number of nitrogens with zero attached hydrogens (tertiary/aromatic N) is 1. The third-order valence-electron chi connectivity index (χ3n) is 3.31. The van der Waals surface area contributed by atoms with Crippen LogP contribution in [-0.4, -0.2) is 27.7 Å². The molecule has 0 spiro atoms. The summed E-state index contributed by atoms with van der Waals surface area (Å²) < 4.78 is 23.1. The first-order chi connectivity index (χ1) is 8.33. The Balaban J connectivity index is 1.58. The minimum absolute atomic E-state index is 0.153. The van der Waals surface area contributed by atoms with Gasteiger partial charge in [0, 0.05) is 23.3 Å². The fourth-order valence-corrected chi connectivity index (χ4v) is 3.40. The predicted molar refractivity (Wildman–Crippen MR) is 64.2 cm³/mol. The van der Waals surface area contributed by atoms with E-state index in [0.29, 0.717) is 24.2 Å². The largest absolute Gasteiger partial charge is 0.444 e. The Morgan fingerprint density at radius 1 is 1.41 bits per heavy atom. The van der Waals surface area contributed by atoms with E-state index in [-0.39, 0.29) is 5.25 Å². The van der Waals surface area contributed by atoms with E-state index in [1.165, 1.54) is 12.8 Å². The van der Waals surface area contributed by atoms with Gasteiger partial charge in [-0.2, -0.15) is 0 Å². The third kappa shape index (κ3) is 2.77. The number of ether oxygens (including phenoxy) is 1. The molecule has 2 aliphatic rings. The van der Waals surface area contributed by atoms with Gasteiger partial charge in [-0.05, 0) is 25.7 Å². The second kappa shape index (κ2) is 4.90. The normalized spacial score (nSPS) is 26.9. The Bertz CT molecular complexity index is 408. The van der Waals surface area contributed by atoms with E-state index in [0.717, 1.165) is 25.2 Å². The predicted octanol–water partition coefficient (Wildman–Crippen LogP) is 1.98. The van der Waals surface area contributed by atoms with Crippen LogP contribution in [0.3, 0.4) is 0 Å². The Labute approximate surface area is 103 Å². The van der Waals surface area contributed by atoms with Gasteiger partial charge in [0.05, 0.1) is 18.1 Å². The lowest BCUT2D eigenvalue weighted by Crippen LogP contribution is -2.27. The number of aromatic nitrogens is 1. The molecule has 94 valence electrons. The van der Waals surface area contributed by atoms with Crippen LogP contribution < -0.4 is 0 Å². The van der Waals surface area contributed by atoms with Gasteiger partial charge in [0.25, 0.3) is 0 Å². The van der Waals surface area contributed by atoms with Crippen LogP contribution in [0.15, 0.2) is 10.6 Å². The lowest BCUT2D eigenvalue weighted by Gasteiger charge is -2.20. The number of rotatable bonds is 4. The maximum atomic E-state index is 12.1. The fraction of sp³-hybridized carbons (Fsp3) is 0.750. The lowest BCUT2D eigenvalue weighted by atomic mass is 10.2. The second-order valence-electron chi connectivity index (χ2n) is 4.79. The third-order valence-corrected chi connectivity index (χ3v) is 4.95. The van der Waals surface area contributed by atoms with Crippen LogP contribution in [-0.2, 0) is 21.3 Å². The van der Waals surface area contributed by atoms with Gasteiger partial charge in [0.2, 0.25) is 5.89 Å². The molecule has 4 nitrogen and oxygen atoms in total. The van der Waals surface area contributed by atoms with Crippen molar-refractivity contribution in [3.8, 4) is 0 Å². The van der Waals surface area contributed by atoms with Gasteiger partial charge in [0.1, 0.15) is 11.5 Å². The molecule has 2 unspecified atom stereocenters. The molecule has 1 saturated heterocycles. The van der Waals surface area contributed by atoms with Gasteiger partial charge in [-0.1, -0.05) is 0 Å². The number of oxazole rings is 1. The van der Waals surface area contributed by atoms with Crippen molar-refractivity contribution in [2.75, 3.05) is 13.2 Å². The molecule has 0 N–H and O–H groups in total. The van der Waals surface area contributed by atoms with Gasteiger partial charge in [-0.25, -0.2) is 4.98 Å². The molecule has 2 heterocycles. The fourth-order valence-electron chi connectivity index (χ4n) is 2.11. The summed E-state index contributed by atoms with van der Waals surface area (Å²) in [5.41, 5.74) is 0. The van der Waals surface area contributed by atoms with Gasteiger partial charge >= 0.3 is 0 Å². The van der Waals surface area contributed by atoms with Gasteiger partial charge < -0.3 is 9.15 Å². The molecule has 0 radical (unpaired) electrons. The maximum Gasteiger partial charge on any atom is 0.207 e. The monoisotopic (exact) mass is 255 g/mol. The standard InChI is InChI=1S/C12H17NO3S/c14-17(10-2-1-5-15-7-10)8-12-13-6-11(16-12)9-3-4-9/h6,9-10H,1-5,7-8H2. The van der Waals surface area contributed by atoms with Crippen LogP contribution in [0.2, 0.25) is 0 Å². The molecule has 1 aliphatic heterocycles. The van der Waals surface area contributed by atoms with E-state index in [4.69, 9.17) is 9.15 Å². The molecule has 0 amide bonds. The Hall–Kier alpha value is -0.680. The molecule has 17 heavy (non-hydrogen) atoms. The summed E-state index contributed by atoms with van der Waals surface area (Å²) in [6.07, 6.45) is 6.20. The van der Waals surface area contributed by atoms with Crippen LogP contribution in [0.1, 0.15) is 43.3 Å². The molecular formula is C12H17NO3S. The van der Waals surface area contributed by atoms with E-state index in [9.17, 15) is 4.21 Å². The first-order valence-corrected chi connectivity index (χ1v) is 7.60. The molecule has 2 fully saturated rings. The summed E-state index contributed by atoms with van der Waals surface area (Å²) in [5, 5.41) is 0.153. The van der Waals surface area contributed by atoms with Gasteiger partial charge in [-0.15, -0.1) is 0 Å². The first-order valence-electron chi connectivity index (χ1n) is 6.22. The van der Waals surface area contributed by atoms with Crippen molar-refractivity contribution in [3.63, 3.8) is 0 Å². The average Bonchev–Trinajstić information content (AvgIpc) is 3.12. The molecular weight excluding hydrogens is 238 g/mol. The highest BCUT2D eigenvalue weighted by atomic mass is 32.2. The zero-order chi connectivity index (χ0) is 11.7. The van der Waals surface area contributed by atoms with Crippen molar-refractivity contribution in [1.82, 2.24) is 4.98 Å². The van der Waals surface area contributed by atoms with Gasteiger partial charge in [0.15, 0.2) is 0 Å². The second-order valence-corrected chi connectivity index (χ2v) is 6.51. The topological polar surface area (TPSA) is 52.3 Å². The molecule has 1 saturated carbocycles. The van der Waals surface area contributed by atoms with Crippen LogP contribution in [0.4, 0.5) is 0 Å². The molecule has 5 heteroatoms. The highest BCUT2D eigenvalue weighted by Crippen LogP contribution is 2.40. The minimum Gasteiger partial charge on any atom is -0.444 e. The minimum atomic E-state index is -0.918. The summed E-state index contributed by atoms with van der Waals surface area (Å²) in [4.78, 5) is 4.21. The molecule has 0 bridgehead atoms. The number of hydrogen-bond donors (Lipinski definition) is 0. The smallest absolute Gasteiger partial charge is 0.207 e. The van der Waals surface area contributed by atoms with Crippen molar-refractivity contribution in [1.29, 1.82) is 0 Å². The molecule has 2 atom stereocenters. The highest BCUT2D eigenvalue weighted by molar-refractivity contribution is 7.84. The summed E-state index contributed by atoms with van der Waals surface area (Å²) >= 11 is 0. The quantitative estimate of drug-likeness (QED) is 0.825. The van der Waals surface area contributed by atoms with Crippen molar-refractivity contribution in [2.45, 2.75) is 42.6 Å². The van der Waals surface area contributed by atoms with Crippen LogP contribution in [0.25, 0.3) is 0 Å². The van der Waals surface area contributed by atoms with E-state index >= 15 is 0 Å². The van der Waals surface area contributed by atoms with Crippen molar-refractivity contribution >= 4 is 10.8 Å². The summed E-state index contributed by atoms with van der Waals surface area (Å²) in [6.45, 7) is 1.42. The van der Waals surface area contributed by atoms with Crippen molar-refractivity contribution in [3.05, 3.63) is 17.8 Å². The highest BCUT2D eigenvalue weighted by Gasteiger charge is 2.28. The zero-order valence-electron chi connectivity index (χ0n) is 9.76. The zero-order valence-corrected chi connectivity index (χ0v) is 10.6. The van der Waals surface area contributed by atoms with Crippen LogP contribution >= 0.6 is 0 Å². The van der Waals surface area contributed by atoms with E-state index in [2.05, 4.69) is 4.98 Å².